The van der Waals surface area contributed by atoms with Gasteiger partial charge in [0.25, 0.3) is 11.8 Å². The average molecular weight is 591 g/mol. The third-order valence-electron chi connectivity index (χ3n) is 7.36. The number of amides is 2. The van der Waals surface area contributed by atoms with Gasteiger partial charge in [0.2, 0.25) is 0 Å². The maximum absolute atomic E-state index is 14.2. The van der Waals surface area contributed by atoms with E-state index in [2.05, 4.69) is 15.7 Å². The average Bonchev–Trinajstić information content (AvgIpc) is 3.62. The smallest absolute Gasteiger partial charge is 0.387 e. The lowest BCUT2D eigenvalue weighted by Crippen LogP contribution is -2.21. The van der Waals surface area contributed by atoms with Gasteiger partial charge >= 0.3 is 6.18 Å². The summed E-state index contributed by atoms with van der Waals surface area (Å²) in [7, 11) is 1.59. The van der Waals surface area contributed by atoms with E-state index in [-0.39, 0.29) is 44.9 Å². The number of aryl methyl sites for hydroxylation is 1. The molecule has 2 unspecified atom stereocenters. The van der Waals surface area contributed by atoms with Crippen molar-refractivity contribution in [3.05, 3.63) is 92.6 Å². The van der Waals surface area contributed by atoms with E-state index in [4.69, 9.17) is 11.6 Å². The minimum Gasteiger partial charge on any atom is -0.387 e. The van der Waals surface area contributed by atoms with Crippen LogP contribution in [-0.4, -0.2) is 26.7 Å². The Hall–Kier alpha value is -4.03. The highest BCUT2D eigenvalue weighted by Crippen LogP contribution is 2.47. The van der Waals surface area contributed by atoms with Gasteiger partial charge in [0.15, 0.2) is 0 Å². The second-order valence-corrected chi connectivity index (χ2v) is 10.6. The highest BCUT2D eigenvalue weighted by molar-refractivity contribution is 6.31. The van der Waals surface area contributed by atoms with Crippen molar-refractivity contribution in [2.45, 2.75) is 31.2 Å². The molecule has 2 amide bonds. The molecule has 4 aromatic rings. The lowest BCUT2D eigenvalue weighted by molar-refractivity contribution is -0.137. The van der Waals surface area contributed by atoms with Crippen molar-refractivity contribution in [3.63, 3.8) is 0 Å². The molecule has 1 aliphatic heterocycles. The summed E-state index contributed by atoms with van der Waals surface area (Å²) in [6, 6.07) is 5.34. The van der Waals surface area contributed by atoms with E-state index in [1.165, 1.54) is 16.8 Å². The molecule has 13 heteroatoms. The molecule has 1 fully saturated rings. The molecule has 212 valence electrons. The number of halogens is 6. The van der Waals surface area contributed by atoms with Crippen LogP contribution < -0.4 is 10.6 Å². The summed E-state index contributed by atoms with van der Waals surface area (Å²) in [6.45, 7) is 0. The van der Waals surface area contributed by atoms with Crippen LogP contribution in [-0.2, 0) is 13.2 Å². The zero-order chi connectivity index (χ0) is 29.4. The minimum absolute atomic E-state index is 0.0168. The first-order valence-electron chi connectivity index (χ1n) is 12.5. The molecule has 3 aromatic carbocycles. The third kappa shape index (κ3) is 4.70. The van der Waals surface area contributed by atoms with Crippen LogP contribution in [0.1, 0.15) is 68.1 Å². The van der Waals surface area contributed by atoms with E-state index < -0.39 is 52.9 Å². The summed E-state index contributed by atoms with van der Waals surface area (Å²) in [5, 5.41) is 21.1. The summed E-state index contributed by atoms with van der Waals surface area (Å²) >= 11 is 6.35. The summed E-state index contributed by atoms with van der Waals surface area (Å²) in [6.07, 6.45) is -4.27. The second-order valence-electron chi connectivity index (χ2n) is 10.2. The Morgan fingerprint density at radius 3 is 2.56 bits per heavy atom. The molecule has 7 nitrogen and oxygen atoms in total. The standard InChI is InChI=1S/C28H20ClF5N4O3/c1-38-24(25(39)11-2-3-11)17-10-19(35-26(40)12-6-13(28(32,33)34)8-15(31)7-12)20-21(23(17)37-38)27(41)36-22(20)16-9-14(30)4-5-18(16)29/h4-11,22,25,39H,2-3H2,1H3,(H,35,40)(H,36,41). The predicted octanol–water partition coefficient (Wildman–Crippen LogP) is 6.05. The number of hydrogen-bond donors (Lipinski definition) is 3. The van der Waals surface area contributed by atoms with E-state index in [0.29, 0.717) is 23.2 Å². The number of carbonyl (C=O) groups excluding carboxylic acids is 2. The van der Waals surface area contributed by atoms with Crippen LogP contribution in [0, 0.1) is 17.6 Å². The van der Waals surface area contributed by atoms with Crippen LogP contribution in [0.5, 0.6) is 0 Å². The molecule has 3 N–H and O–H groups in total. The molecule has 41 heavy (non-hydrogen) atoms. The monoisotopic (exact) mass is 590 g/mol. The first-order valence-corrected chi connectivity index (χ1v) is 12.9. The quantitative estimate of drug-likeness (QED) is 0.247. The van der Waals surface area contributed by atoms with Gasteiger partial charge in [0.05, 0.1) is 29.0 Å². The maximum Gasteiger partial charge on any atom is 0.416 e. The maximum atomic E-state index is 14.2. The SMILES string of the molecule is Cn1nc2c3c(c(NC(=O)c4cc(F)cc(C(F)(F)F)c4)cc2c1C(O)C1CC1)C(c1cc(F)ccc1Cl)NC3=O. The van der Waals surface area contributed by atoms with E-state index in [0.717, 1.165) is 25.0 Å². The topological polar surface area (TPSA) is 96.2 Å². The number of alkyl halides is 3. The van der Waals surface area contributed by atoms with Gasteiger partial charge < -0.3 is 15.7 Å². The number of anilines is 1. The highest BCUT2D eigenvalue weighted by atomic mass is 35.5. The second kappa shape index (κ2) is 9.52. The number of benzene rings is 3. The van der Waals surface area contributed by atoms with Crippen LogP contribution in [0.25, 0.3) is 10.9 Å². The predicted molar refractivity (Wildman–Crippen MR) is 138 cm³/mol. The Morgan fingerprint density at radius 2 is 1.88 bits per heavy atom. The van der Waals surface area contributed by atoms with Crippen LogP contribution in [0.15, 0.2) is 42.5 Å². The fraction of sp³-hybridized carbons (Fsp3) is 0.250. The van der Waals surface area contributed by atoms with Gasteiger partial charge in [-0.05, 0) is 61.2 Å². The number of aromatic nitrogens is 2. The number of nitrogens with zero attached hydrogens (tertiary/aromatic N) is 2. The van der Waals surface area contributed by atoms with Crippen molar-refractivity contribution in [2.24, 2.45) is 13.0 Å². The molecule has 6 rings (SSSR count). The molecule has 0 radical (unpaired) electrons. The van der Waals surface area contributed by atoms with Crippen LogP contribution in [0.3, 0.4) is 0 Å². The zero-order valence-corrected chi connectivity index (χ0v) is 21.9. The Kier molecular flexibility index (Phi) is 6.31. The fourth-order valence-corrected chi connectivity index (χ4v) is 5.53. The number of aliphatic hydroxyl groups is 1. The van der Waals surface area contributed by atoms with Gasteiger partial charge in [0.1, 0.15) is 17.2 Å². The van der Waals surface area contributed by atoms with Gasteiger partial charge in [-0.1, -0.05) is 11.6 Å². The Morgan fingerprint density at radius 1 is 1.15 bits per heavy atom. The first kappa shape index (κ1) is 27.2. The minimum atomic E-state index is -4.91. The number of nitrogens with one attached hydrogen (secondary N) is 2. The molecule has 1 aliphatic carbocycles. The van der Waals surface area contributed by atoms with Crippen LogP contribution >= 0.6 is 11.6 Å². The molecule has 0 spiro atoms. The van der Waals surface area contributed by atoms with Crippen LogP contribution in [0.4, 0.5) is 27.6 Å². The molecule has 2 atom stereocenters. The summed E-state index contributed by atoms with van der Waals surface area (Å²) < 4.78 is 69.7. The van der Waals surface area contributed by atoms with Gasteiger partial charge in [-0.25, -0.2) is 8.78 Å². The van der Waals surface area contributed by atoms with E-state index in [9.17, 15) is 36.6 Å². The molecule has 2 aliphatic rings. The summed E-state index contributed by atoms with van der Waals surface area (Å²) in [4.78, 5) is 26.6. The zero-order valence-electron chi connectivity index (χ0n) is 21.1. The Bertz CT molecular complexity index is 1770. The summed E-state index contributed by atoms with van der Waals surface area (Å²) in [5.74, 6) is -3.66. The van der Waals surface area contributed by atoms with Crippen molar-refractivity contribution in [1.82, 2.24) is 15.1 Å². The van der Waals surface area contributed by atoms with Crippen molar-refractivity contribution < 1.29 is 36.6 Å². The number of hydrogen-bond acceptors (Lipinski definition) is 4. The molecular weight excluding hydrogens is 571 g/mol. The van der Waals surface area contributed by atoms with Gasteiger partial charge in [0, 0.05) is 39.8 Å². The van der Waals surface area contributed by atoms with Gasteiger partial charge in [-0.3, -0.25) is 14.3 Å². The molecule has 0 bridgehead atoms. The lowest BCUT2D eigenvalue weighted by Gasteiger charge is -2.19. The number of carbonyl (C=O) groups is 2. The third-order valence-corrected chi connectivity index (χ3v) is 7.70. The van der Waals surface area contributed by atoms with E-state index in [1.54, 1.807) is 7.05 Å². The largest absolute Gasteiger partial charge is 0.416 e. The number of fused-ring (bicyclic) bond motifs is 3. The molecule has 1 saturated carbocycles. The molecule has 0 saturated heterocycles. The number of rotatable bonds is 5. The van der Waals surface area contributed by atoms with E-state index in [1.807, 2.05) is 0 Å². The molecule has 2 heterocycles. The Balaban J connectivity index is 1.55. The molecular formula is C28H20ClF5N4O3. The van der Waals surface area contributed by atoms with Crippen molar-refractivity contribution >= 4 is 40.0 Å². The van der Waals surface area contributed by atoms with E-state index >= 15 is 0 Å². The van der Waals surface area contributed by atoms with Crippen molar-refractivity contribution in [1.29, 1.82) is 0 Å². The molecule has 1 aromatic heterocycles. The van der Waals surface area contributed by atoms with Crippen molar-refractivity contribution in [2.75, 3.05) is 5.32 Å². The highest BCUT2D eigenvalue weighted by Gasteiger charge is 2.40. The summed E-state index contributed by atoms with van der Waals surface area (Å²) in [5.41, 5.74) is -1.10. The van der Waals surface area contributed by atoms with Gasteiger partial charge in [-0.15, -0.1) is 0 Å². The first-order chi connectivity index (χ1) is 19.3. The van der Waals surface area contributed by atoms with Gasteiger partial charge in [-0.2, -0.15) is 18.3 Å². The van der Waals surface area contributed by atoms with Crippen LogP contribution in [0.2, 0.25) is 5.02 Å². The number of aliphatic hydroxyl groups excluding tert-OH is 1. The lowest BCUT2D eigenvalue weighted by atomic mass is 9.93. The Labute approximate surface area is 233 Å². The fourth-order valence-electron chi connectivity index (χ4n) is 5.31. The normalized spacial score (nSPS) is 17.5. The van der Waals surface area contributed by atoms with Crippen molar-refractivity contribution in [3.8, 4) is 0 Å².